The predicted molar refractivity (Wildman–Crippen MR) is 74.5 cm³/mol. The van der Waals surface area contributed by atoms with Crippen LogP contribution in [0.3, 0.4) is 0 Å². The number of aryl methyl sites for hydroxylation is 1. The number of hydrogen-bond acceptors (Lipinski definition) is 2. The zero-order valence-electron chi connectivity index (χ0n) is 9.90. The zero-order chi connectivity index (χ0) is 12.5. The van der Waals surface area contributed by atoms with Crippen molar-refractivity contribution in [2.24, 2.45) is 5.92 Å². The van der Waals surface area contributed by atoms with Gasteiger partial charge in [0.1, 0.15) is 0 Å². The minimum Gasteiger partial charge on any atom is -0.229 e. The Bertz CT molecular complexity index is 496. The summed E-state index contributed by atoms with van der Waals surface area (Å²) in [4.78, 5) is 0. The fourth-order valence-corrected chi connectivity index (χ4v) is 5.36. The predicted octanol–water partition coefficient (Wildman–Crippen LogP) is 2.91. The summed E-state index contributed by atoms with van der Waals surface area (Å²) in [6.45, 7) is 2.09. The molecule has 0 saturated carbocycles. The molecule has 0 bridgehead atoms. The summed E-state index contributed by atoms with van der Waals surface area (Å²) in [5, 5.41) is 0.831. The summed E-state index contributed by atoms with van der Waals surface area (Å²) in [5.74, 6) is 1.28. The van der Waals surface area contributed by atoms with Crippen molar-refractivity contribution in [3.05, 3.63) is 35.4 Å². The van der Waals surface area contributed by atoms with Crippen molar-refractivity contribution >= 4 is 25.8 Å². The molecule has 1 aliphatic heterocycles. The van der Waals surface area contributed by atoms with Gasteiger partial charge in [-0.25, -0.2) is 8.42 Å². The van der Waals surface area contributed by atoms with E-state index in [1.807, 2.05) is 12.1 Å². The summed E-state index contributed by atoms with van der Waals surface area (Å²) in [7, 11) is -2.79. The van der Waals surface area contributed by atoms with Gasteiger partial charge in [-0.15, -0.1) is 0 Å². The van der Waals surface area contributed by atoms with Gasteiger partial charge in [0.25, 0.3) is 0 Å². The molecule has 0 spiro atoms. The van der Waals surface area contributed by atoms with Crippen LogP contribution in [-0.4, -0.2) is 25.3 Å². The molecule has 0 aliphatic carbocycles. The Kier molecular flexibility index (Phi) is 3.93. The fourth-order valence-electron chi connectivity index (χ4n) is 2.61. The lowest BCUT2D eigenvalue weighted by atomic mass is 9.85. The Morgan fingerprint density at radius 2 is 2.12 bits per heavy atom. The van der Waals surface area contributed by atoms with Crippen LogP contribution >= 0.6 is 15.9 Å². The van der Waals surface area contributed by atoms with Crippen LogP contribution in [0.1, 0.15) is 23.5 Å². The Morgan fingerprint density at radius 3 is 2.65 bits per heavy atom. The van der Waals surface area contributed by atoms with Crippen LogP contribution in [0, 0.1) is 12.8 Å². The van der Waals surface area contributed by atoms with Crippen molar-refractivity contribution in [3.63, 3.8) is 0 Å². The van der Waals surface area contributed by atoms with E-state index in [-0.39, 0.29) is 5.92 Å². The highest BCUT2D eigenvalue weighted by atomic mass is 79.9. The molecular weight excluding hydrogens is 300 g/mol. The maximum absolute atomic E-state index is 11.6. The van der Waals surface area contributed by atoms with Gasteiger partial charge >= 0.3 is 0 Å². The largest absolute Gasteiger partial charge is 0.229 e. The molecule has 2 unspecified atom stereocenters. The van der Waals surface area contributed by atoms with Gasteiger partial charge < -0.3 is 0 Å². The van der Waals surface area contributed by atoms with Gasteiger partial charge in [0.2, 0.25) is 0 Å². The van der Waals surface area contributed by atoms with Crippen molar-refractivity contribution < 1.29 is 8.42 Å². The Morgan fingerprint density at radius 1 is 1.41 bits per heavy atom. The average molecular weight is 317 g/mol. The van der Waals surface area contributed by atoms with Gasteiger partial charge in [0, 0.05) is 5.33 Å². The molecule has 1 aromatic rings. The second kappa shape index (κ2) is 5.11. The number of halogens is 1. The third-order valence-electron chi connectivity index (χ3n) is 3.59. The molecule has 2 atom stereocenters. The summed E-state index contributed by atoms with van der Waals surface area (Å²) in [5.41, 5.74) is 2.53. The van der Waals surface area contributed by atoms with Gasteiger partial charge in [0.05, 0.1) is 11.5 Å². The van der Waals surface area contributed by atoms with Crippen LogP contribution in [0.2, 0.25) is 0 Å². The molecule has 0 radical (unpaired) electrons. The Labute approximate surface area is 111 Å². The molecule has 2 rings (SSSR count). The Hall–Kier alpha value is -0.350. The van der Waals surface area contributed by atoms with E-state index in [4.69, 9.17) is 0 Å². The van der Waals surface area contributed by atoms with Crippen molar-refractivity contribution in [2.75, 3.05) is 16.8 Å². The van der Waals surface area contributed by atoms with Crippen molar-refractivity contribution in [2.45, 2.75) is 19.3 Å². The van der Waals surface area contributed by atoms with E-state index in [1.165, 1.54) is 11.1 Å². The summed E-state index contributed by atoms with van der Waals surface area (Å²) in [6.07, 6.45) is 0.799. The van der Waals surface area contributed by atoms with Crippen LogP contribution in [0.25, 0.3) is 0 Å². The highest BCUT2D eigenvalue weighted by Crippen LogP contribution is 2.35. The second-order valence-electron chi connectivity index (χ2n) is 4.78. The minimum absolute atomic E-state index is 0.264. The first kappa shape index (κ1) is 13.1. The lowest BCUT2D eigenvalue weighted by Gasteiger charge is -2.22. The highest BCUT2D eigenvalue weighted by Gasteiger charge is 2.34. The summed E-state index contributed by atoms with van der Waals surface area (Å²) < 4.78 is 23.1. The molecule has 0 aromatic heterocycles. The van der Waals surface area contributed by atoms with E-state index in [0.29, 0.717) is 17.4 Å². The molecule has 17 heavy (non-hydrogen) atoms. The first-order valence-corrected chi connectivity index (χ1v) is 8.79. The molecule has 0 amide bonds. The third kappa shape index (κ3) is 2.91. The smallest absolute Gasteiger partial charge is 0.150 e. The molecule has 0 N–H and O–H groups in total. The topological polar surface area (TPSA) is 34.1 Å². The molecule has 94 valence electrons. The third-order valence-corrected chi connectivity index (χ3v) is 6.08. The lowest BCUT2D eigenvalue weighted by Crippen LogP contribution is -2.17. The molecular formula is C13H17BrO2S. The molecule has 1 aromatic carbocycles. The first-order chi connectivity index (χ1) is 8.03. The Balaban J connectivity index is 2.26. The van der Waals surface area contributed by atoms with Gasteiger partial charge in [-0.05, 0) is 36.3 Å². The molecule has 1 heterocycles. The van der Waals surface area contributed by atoms with Crippen LogP contribution in [-0.2, 0) is 9.84 Å². The second-order valence-corrected chi connectivity index (χ2v) is 7.66. The van der Waals surface area contributed by atoms with E-state index in [2.05, 4.69) is 35.0 Å². The number of benzene rings is 1. The van der Waals surface area contributed by atoms with Gasteiger partial charge in [-0.2, -0.15) is 0 Å². The quantitative estimate of drug-likeness (QED) is 0.803. The standard InChI is InChI=1S/C13H17BrO2S/c1-10-4-2-3-5-12(10)13(8-14)11-6-7-17(15,16)9-11/h2-5,11,13H,6-9H2,1H3. The SMILES string of the molecule is Cc1ccccc1C(CBr)C1CCS(=O)(=O)C1. The molecule has 2 nitrogen and oxygen atoms in total. The number of sulfone groups is 1. The summed E-state index contributed by atoms with van der Waals surface area (Å²) >= 11 is 3.54. The normalized spacial score (nSPS) is 24.7. The maximum Gasteiger partial charge on any atom is 0.150 e. The van der Waals surface area contributed by atoms with Crippen LogP contribution < -0.4 is 0 Å². The number of hydrogen-bond donors (Lipinski definition) is 0. The molecule has 4 heteroatoms. The van der Waals surface area contributed by atoms with Crippen LogP contribution in [0.5, 0.6) is 0 Å². The maximum atomic E-state index is 11.6. The monoisotopic (exact) mass is 316 g/mol. The summed E-state index contributed by atoms with van der Waals surface area (Å²) in [6, 6.07) is 8.26. The number of alkyl halides is 1. The van der Waals surface area contributed by atoms with E-state index >= 15 is 0 Å². The number of rotatable bonds is 3. The van der Waals surface area contributed by atoms with Crippen molar-refractivity contribution in [3.8, 4) is 0 Å². The fraction of sp³-hybridized carbons (Fsp3) is 0.538. The molecule has 1 aliphatic rings. The van der Waals surface area contributed by atoms with Crippen molar-refractivity contribution in [1.29, 1.82) is 0 Å². The van der Waals surface area contributed by atoms with Gasteiger partial charge in [0.15, 0.2) is 9.84 Å². The highest BCUT2D eigenvalue weighted by molar-refractivity contribution is 9.09. The van der Waals surface area contributed by atoms with Crippen LogP contribution in [0.4, 0.5) is 0 Å². The van der Waals surface area contributed by atoms with E-state index in [9.17, 15) is 8.42 Å². The first-order valence-electron chi connectivity index (χ1n) is 5.85. The van der Waals surface area contributed by atoms with Gasteiger partial charge in [-0.3, -0.25) is 0 Å². The van der Waals surface area contributed by atoms with Crippen molar-refractivity contribution in [1.82, 2.24) is 0 Å². The lowest BCUT2D eigenvalue weighted by molar-refractivity contribution is 0.504. The van der Waals surface area contributed by atoms with E-state index in [0.717, 1.165) is 11.8 Å². The molecule has 1 saturated heterocycles. The van der Waals surface area contributed by atoms with E-state index in [1.54, 1.807) is 0 Å². The van der Waals surface area contributed by atoms with Gasteiger partial charge in [-0.1, -0.05) is 40.2 Å². The average Bonchev–Trinajstić information content (AvgIpc) is 2.63. The zero-order valence-corrected chi connectivity index (χ0v) is 12.3. The van der Waals surface area contributed by atoms with E-state index < -0.39 is 9.84 Å². The molecule has 1 fully saturated rings. The van der Waals surface area contributed by atoms with Crippen LogP contribution in [0.15, 0.2) is 24.3 Å². The minimum atomic E-state index is -2.79.